The molecule has 2 aromatic carbocycles. The van der Waals surface area contributed by atoms with Crippen LogP contribution in [0.15, 0.2) is 40.9 Å². The van der Waals surface area contributed by atoms with Gasteiger partial charge in [0.05, 0.1) is 17.6 Å². The summed E-state index contributed by atoms with van der Waals surface area (Å²) in [5.74, 6) is 2.30. The molecular weight excluding hydrogens is 464 g/mol. The summed E-state index contributed by atoms with van der Waals surface area (Å²) in [4.78, 5) is 0. The summed E-state index contributed by atoms with van der Waals surface area (Å²) in [5, 5.41) is 7.13. The van der Waals surface area contributed by atoms with Gasteiger partial charge in [-0.3, -0.25) is 5.10 Å². The number of aromatic nitrogens is 3. The molecule has 0 aliphatic rings. The molecule has 8 heteroatoms. The molecule has 0 spiro atoms. The van der Waals surface area contributed by atoms with Crippen molar-refractivity contribution in [1.29, 1.82) is 0 Å². The molecule has 1 aromatic heterocycles. The Balaban J connectivity index is 1.76. The van der Waals surface area contributed by atoms with Crippen molar-refractivity contribution in [2.75, 3.05) is 12.0 Å². The maximum atomic E-state index is 6.09. The van der Waals surface area contributed by atoms with Crippen molar-refractivity contribution in [2.24, 2.45) is 0 Å². The van der Waals surface area contributed by atoms with Crippen LogP contribution < -0.4 is 14.9 Å². The summed E-state index contributed by atoms with van der Waals surface area (Å²) in [6.45, 7) is 7.75. The summed E-state index contributed by atoms with van der Waals surface area (Å²) in [5.41, 5.74) is 6.72. The third-order valence-electron chi connectivity index (χ3n) is 4.53. The van der Waals surface area contributed by atoms with Crippen LogP contribution in [0.3, 0.4) is 0 Å². The minimum absolute atomic E-state index is 0.473. The first-order chi connectivity index (χ1) is 14.5. The number of aryl methyl sites for hydroxylation is 2. The number of halogens is 1. The Morgan fingerprint density at radius 2 is 1.90 bits per heavy atom. The lowest BCUT2D eigenvalue weighted by Crippen LogP contribution is -2.17. The van der Waals surface area contributed by atoms with Gasteiger partial charge in [0.25, 0.3) is 0 Å². The van der Waals surface area contributed by atoms with E-state index in [9.17, 15) is 0 Å². The van der Waals surface area contributed by atoms with Gasteiger partial charge in [-0.05, 0) is 71.7 Å². The summed E-state index contributed by atoms with van der Waals surface area (Å²) in [6.07, 6.45) is 1.84. The molecule has 0 aliphatic carbocycles. The zero-order valence-electron chi connectivity index (χ0n) is 17.5. The molecule has 2 N–H and O–H groups in total. The maximum absolute atomic E-state index is 6.09. The van der Waals surface area contributed by atoms with Gasteiger partial charge >= 0.3 is 0 Å². The van der Waals surface area contributed by atoms with Crippen molar-refractivity contribution in [3.8, 4) is 11.5 Å². The van der Waals surface area contributed by atoms with Crippen LogP contribution in [-0.4, -0.2) is 21.5 Å². The largest absolute Gasteiger partial charge is 0.490 e. The molecule has 0 aliphatic heterocycles. The third kappa shape index (κ3) is 5.64. The zero-order valence-corrected chi connectivity index (χ0v) is 19.9. The lowest BCUT2D eigenvalue weighted by Gasteiger charge is -2.16. The van der Waals surface area contributed by atoms with Gasteiger partial charge in [-0.25, -0.2) is 4.68 Å². The van der Waals surface area contributed by atoms with E-state index in [2.05, 4.69) is 69.7 Å². The summed E-state index contributed by atoms with van der Waals surface area (Å²) >= 11 is 8.98. The molecule has 6 nitrogen and oxygen atoms in total. The Labute approximate surface area is 190 Å². The Morgan fingerprint density at radius 3 is 2.60 bits per heavy atom. The molecule has 0 bridgehead atoms. The van der Waals surface area contributed by atoms with E-state index < -0.39 is 0 Å². The molecule has 0 unspecified atom stereocenters. The van der Waals surface area contributed by atoms with E-state index >= 15 is 0 Å². The van der Waals surface area contributed by atoms with Gasteiger partial charge in [-0.1, -0.05) is 36.8 Å². The molecule has 30 heavy (non-hydrogen) atoms. The number of benzene rings is 2. The molecule has 0 radical (unpaired) electrons. The Kier molecular flexibility index (Phi) is 7.93. The maximum Gasteiger partial charge on any atom is 0.214 e. The minimum Gasteiger partial charge on any atom is -0.490 e. The highest BCUT2D eigenvalue weighted by Gasteiger charge is 2.13. The van der Waals surface area contributed by atoms with E-state index in [4.69, 9.17) is 21.7 Å². The van der Waals surface area contributed by atoms with Crippen LogP contribution in [0.1, 0.15) is 42.8 Å². The average Bonchev–Trinajstić information content (AvgIpc) is 3.07. The molecule has 0 atom stereocenters. The molecule has 0 fully saturated rings. The number of aromatic amines is 1. The fraction of sp³-hybridized carbons (Fsp3) is 0.364. The van der Waals surface area contributed by atoms with Crippen LogP contribution in [0.4, 0.5) is 0 Å². The molecule has 0 amide bonds. The number of rotatable bonds is 10. The highest BCUT2D eigenvalue weighted by Crippen LogP contribution is 2.37. The van der Waals surface area contributed by atoms with Crippen molar-refractivity contribution in [2.45, 2.75) is 46.8 Å². The van der Waals surface area contributed by atoms with E-state index in [1.54, 1.807) is 0 Å². The van der Waals surface area contributed by atoms with Gasteiger partial charge in [-0.15, -0.1) is 0 Å². The topological polar surface area (TPSA) is 64.1 Å². The first-order valence-corrected chi connectivity index (χ1v) is 11.3. The quantitative estimate of drug-likeness (QED) is 0.357. The van der Waals surface area contributed by atoms with Crippen LogP contribution in [0.5, 0.6) is 11.5 Å². The predicted molar refractivity (Wildman–Crippen MR) is 125 cm³/mol. The minimum atomic E-state index is 0.473. The van der Waals surface area contributed by atoms with E-state index in [1.807, 2.05) is 23.7 Å². The highest BCUT2D eigenvalue weighted by molar-refractivity contribution is 9.10. The summed E-state index contributed by atoms with van der Waals surface area (Å²) in [7, 11) is 0. The number of nitrogens with one attached hydrogen (secondary N) is 2. The summed E-state index contributed by atoms with van der Waals surface area (Å²) in [6, 6.07) is 12.3. The molecule has 0 saturated carbocycles. The first-order valence-electron chi connectivity index (χ1n) is 10.1. The second-order valence-electron chi connectivity index (χ2n) is 6.98. The van der Waals surface area contributed by atoms with Gasteiger partial charge in [0, 0.05) is 6.42 Å². The summed E-state index contributed by atoms with van der Waals surface area (Å²) < 4.78 is 15.2. The van der Waals surface area contributed by atoms with Crippen LogP contribution in [-0.2, 0) is 19.6 Å². The Hall–Kier alpha value is -2.32. The monoisotopic (exact) mass is 490 g/mol. The molecule has 0 saturated heterocycles. The number of hydrogen-bond donors (Lipinski definition) is 2. The number of hydrogen-bond acceptors (Lipinski definition) is 5. The van der Waals surface area contributed by atoms with Crippen LogP contribution in [0.25, 0.3) is 0 Å². The van der Waals surface area contributed by atoms with E-state index in [-0.39, 0.29) is 0 Å². The third-order valence-corrected chi connectivity index (χ3v) is 5.39. The van der Waals surface area contributed by atoms with Gasteiger partial charge in [-0.2, -0.15) is 5.10 Å². The number of nitrogens with zero attached hydrogens (tertiary/aromatic N) is 2. The van der Waals surface area contributed by atoms with Crippen molar-refractivity contribution in [3.63, 3.8) is 0 Å². The van der Waals surface area contributed by atoms with Crippen molar-refractivity contribution >= 4 is 28.1 Å². The molecule has 160 valence electrons. The molecule has 1 heterocycles. The van der Waals surface area contributed by atoms with Crippen molar-refractivity contribution in [3.05, 3.63) is 68.2 Å². The first kappa shape index (κ1) is 22.4. The molecule has 3 rings (SSSR count). The second kappa shape index (κ2) is 10.6. The number of H-pyrrole nitrogens is 1. The predicted octanol–water partition coefficient (Wildman–Crippen LogP) is 5.69. The van der Waals surface area contributed by atoms with Crippen LogP contribution in [0.2, 0.25) is 0 Å². The van der Waals surface area contributed by atoms with Gasteiger partial charge < -0.3 is 14.9 Å². The van der Waals surface area contributed by atoms with E-state index in [1.165, 1.54) is 5.56 Å². The lowest BCUT2D eigenvalue weighted by molar-refractivity contribution is 0.267. The van der Waals surface area contributed by atoms with Gasteiger partial charge in [0.15, 0.2) is 17.3 Å². The van der Waals surface area contributed by atoms with Gasteiger partial charge in [0.1, 0.15) is 6.61 Å². The second-order valence-corrected chi connectivity index (χ2v) is 8.22. The molecular formula is C22H27BrN4O2S. The number of ether oxygens (including phenoxy) is 2. The fourth-order valence-electron chi connectivity index (χ4n) is 3.02. The standard InChI is InChI=1S/C22H27BrN4O2S/c1-4-6-20-25-26-22(30)27(20)24-13-17-11-18(23)21(19(12-17)28-5-2)29-14-16-9-7-15(3)8-10-16/h7-12,24H,4-6,13-14H2,1-3H3,(H,26,30). The zero-order chi connectivity index (χ0) is 21.5. The molecule has 3 aromatic rings. The average molecular weight is 491 g/mol. The highest BCUT2D eigenvalue weighted by atomic mass is 79.9. The SMILES string of the molecule is CCCc1n[nH]c(=S)n1NCc1cc(Br)c(OCc2ccc(C)cc2)c(OCC)c1. The van der Waals surface area contributed by atoms with Gasteiger partial charge in [0.2, 0.25) is 4.77 Å². The normalized spacial score (nSPS) is 10.8. The lowest BCUT2D eigenvalue weighted by atomic mass is 10.1. The smallest absolute Gasteiger partial charge is 0.214 e. The Morgan fingerprint density at radius 1 is 1.13 bits per heavy atom. The van der Waals surface area contributed by atoms with E-state index in [0.717, 1.165) is 34.3 Å². The van der Waals surface area contributed by atoms with E-state index in [0.29, 0.717) is 36.0 Å². The van der Waals surface area contributed by atoms with Crippen molar-refractivity contribution < 1.29 is 9.47 Å². The van der Waals surface area contributed by atoms with Crippen LogP contribution >= 0.6 is 28.1 Å². The van der Waals surface area contributed by atoms with Crippen LogP contribution in [0, 0.1) is 11.7 Å². The Bertz CT molecular complexity index is 1030. The fourth-order valence-corrected chi connectivity index (χ4v) is 3.84. The van der Waals surface area contributed by atoms with Crippen molar-refractivity contribution in [1.82, 2.24) is 14.9 Å².